The maximum Gasteiger partial charge on any atom is 0.346 e. The third kappa shape index (κ3) is 29.5. The Balaban J connectivity index is 3.71. The molecule has 0 radical (unpaired) electrons. The number of rotatable bonds is 28. The fourth-order valence-corrected chi connectivity index (χ4v) is 5.17. The molecule has 0 aromatic heterocycles. The van der Waals surface area contributed by atoms with Gasteiger partial charge in [-0.05, 0) is 37.7 Å². The Labute approximate surface area is 244 Å². The van der Waals surface area contributed by atoms with Crippen molar-refractivity contribution in [2.45, 2.75) is 195 Å². The zero-order valence-corrected chi connectivity index (χ0v) is 26.8. The van der Waals surface area contributed by atoms with Gasteiger partial charge in [0.2, 0.25) is 0 Å². The molecule has 0 spiro atoms. The Kier molecular flexibility index (Phi) is 28.6. The topological polar surface area (TPSA) is 43.4 Å². The van der Waals surface area contributed by atoms with Gasteiger partial charge in [0.1, 0.15) is 0 Å². The predicted octanol–water partition coefficient (Wildman–Crippen LogP) is 12.0. The van der Waals surface area contributed by atoms with E-state index in [1.807, 2.05) is 6.92 Å². The van der Waals surface area contributed by atoms with E-state index in [0.717, 1.165) is 31.3 Å². The smallest absolute Gasteiger partial charge is 0.346 e. The maximum atomic E-state index is 12.0. The molecule has 3 heteroatoms. The molecule has 228 valence electrons. The van der Waals surface area contributed by atoms with Gasteiger partial charge in [-0.25, -0.2) is 4.79 Å². The Bertz CT molecular complexity index is 629. The highest BCUT2D eigenvalue weighted by Gasteiger charge is 2.11. The third-order valence-corrected chi connectivity index (χ3v) is 7.95. The molecule has 0 aromatic rings. The summed E-state index contributed by atoms with van der Waals surface area (Å²) in [6.45, 7) is 8.73. The minimum absolute atomic E-state index is 0.320. The van der Waals surface area contributed by atoms with E-state index < -0.39 is 11.9 Å². The summed E-state index contributed by atoms with van der Waals surface area (Å²) in [5.74, 6) is -0.502. The second-order valence-corrected chi connectivity index (χ2v) is 12.1. The van der Waals surface area contributed by atoms with Gasteiger partial charge in [0.05, 0.1) is 6.08 Å². The first-order chi connectivity index (χ1) is 19.0. The number of unbranched alkanes of at least 4 members (excludes halogenated alkanes) is 20. The molecule has 1 unspecified atom stereocenters. The van der Waals surface area contributed by atoms with Crippen molar-refractivity contribution in [3.05, 3.63) is 17.4 Å². The molecule has 0 amide bonds. The van der Waals surface area contributed by atoms with Crippen molar-refractivity contribution in [1.29, 1.82) is 0 Å². The number of carbonyl (C=O) groups excluding carboxylic acids is 2. The summed E-state index contributed by atoms with van der Waals surface area (Å²) in [5.41, 5.74) is 4.07. The first-order valence-electron chi connectivity index (χ1n) is 17.2. The van der Waals surface area contributed by atoms with E-state index in [4.69, 9.17) is 4.74 Å². The lowest BCUT2D eigenvalue weighted by Crippen LogP contribution is -2.11. The van der Waals surface area contributed by atoms with Crippen LogP contribution in [0, 0.1) is 5.92 Å². The van der Waals surface area contributed by atoms with Crippen LogP contribution >= 0.6 is 0 Å². The van der Waals surface area contributed by atoms with Gasteiger partial charge in [0.15, 0.2) is 0 Å². The Morgan fingerprint density at radius 2 is 1.00 bits per heavy atom. The normalized spacial score (nSPS) is 11.7. The van der Waals surface area contributed by atoms with Crippen LogP contribution in [0.3, 0.4) is 0 Å². The fraction of sp³-hybridized carbons (Fsp3) is 0.861. The Morgan fingerprint density at radius 1 is 0.590 bits per heavy atom. The van der Waals surface area contributed by atoms with Crippen molar-refractivity contribution in [3.8, 4) is 0 Å². The highest BCUT2D eigenvalue weighted by molar-refractivity contribution is 5.91. The molecule has 0 heterocycles. The second kappa shape index (κ2) is 29.6. The van der Waals surface area contributed by atoms with Crippen molar-refractivity contribution >= 4 is 11.9 Å². The van der Waals surface area contributed by atoms with Gasteiger partial charge >= 0.3 is 11.9 Å². The van der Waals surface area contributed by atoms with Gasteiger partial charge in [-0.3, -0.25) is 4.79 Å². The molecule has 0 saturated heterocycles. The summed E-state index contributed by atoms with van der Waals surface area (Å²) < 4.78 is 4.96. The molecule has 0 aromatic carbocycles. The first kappa shape index (κ1) is 37.7. The summed E-state index contributed by atoms with van der Waals surface area (Å²) in [4.78, 5) is 24.0. The quantitative estimate of drug-likeness (QED) is 0.0322. The van der Waals surface area contributed by atoms with Crippen LogP contribution in [0.2, 0.25) is 0 Å². The van der Waals surface area contributed by atoms with Crippen molar-refractivity contribution in [2.75, 3.05) is 0 Å². The van der Waals surface area contributed by atoms with E-state index in [1.54, 1.807) is 0 Å². The van der Waals surface area contributed by atoms with Crippen LogP contribution in [0.4, 0.5) is 0 Å². The summed E-state index contributed by atoms with van der Waals surface area (Å²) >= 11 is 0. The van der Waals surface area contributed by atoms with Gasteiger partial charge in [-0.2, -0.15) is 0 Å². The molecule has 0 saturated carbocycles. The minimum atomic E-state index is -0.587. The Hall–Kier alpha value is -1.34. The molecule has 39 heavy (non-hydrogen) atoms. The van der Waals surface area contributed by atoms with E-state index in [2.05, 4.69) is 26.5 Å². The number of ether oxygens (including phenoxy) is 1. The van der Waals surface area contributed by atoms with E-state index in [1.165, 1.54) is 141 Å². The highest BCUT2D eigenvalue weighted by Crippen LogP contribution is 2.18. The lowest BCUT2D eigenvalue weighted by Gasteiger charge is -2.10. The molecule has 3 nitrogen and oxygen atoms in total. The fourth-order valence-electron chi connectivity index (χ4n) is 5.17. The maximum absolute atomic E-state index is 12.0. The zero-order chi connectivity index (χ0) is 28.8. The first-order valence-corrected chi connectivity index (χ1v) is 17.2. The van der Waals surface area contributed by atoms with Crippen LogP contribution in [-0.2, 0) is 14.3 Å². The number of hydrogen-bond acceptors (Lipinski definition) is 3. The molecule has 0 bridgehead atoms. The SMILES string of the molecule is CCCCCCCCCCCCCC(C)=C=CC(=O)OC(=O)CCC(C)CCCCCCCCCCCCC. The molecule has 0 aliphatic rings. The van der Waals surface area contributed by atoms with Crippen molar-refractivity contribution in [2.24, 2.45) is 5.92 Å². The van der Waals surface area contributed by atoms with Gasteiger partial charge in [-0.15, -0.1) is 5.73 Å². The predicted molar refractivity (Wildman–Crippen MR) is 169 cm³/mol. The van der Waals surface area contributed by atoms with E-state index >= 15 is 0 Å². The molecule has 0 aliphatic heterocycles. The second-order valence-electron chi connectivity index (χ2n) is 12.1. The average molecular weight is 547 g/mol. The summed E-state index contributed by atoms with van der Waals surface area (Å²) in [5, 5.41) is 0. The zero-order valence-electron chi connectivity index (χ0n) is 26.8. The number of esters is 2. The van der Waals surface area contributed by atoms with E-state index in [-0.39, 0.29) is 0 Å². The molecule has 0 N–H and O–H groups in total. The largest absolute Gasteiger partial charge is 0.389 e. The lowest BCUT2D eigenvalue weighted by atomic mass is 9.97. The van der Waals surface area contributed by atoms with Gasteiger partial charge in [0, 0.05) is 6.42 Å². The van der Waals surface area contributed by atoms with E-state index in [9.17, 15) is 9.59 Å². The third-order valence-electron chi connectivity index (χ3n) is 7.95. The number of hydrogen-bond donors (Lipinski definition) is 0. The van der Waals surface area contributed by atoms with Crippen molar-refractivity contribution in [1.82, 2.24) is 0 Å². The molecule has 0 aliphatic carbocycles. The minimum Gasteiger partial charge on any atom is -0.389 e. The summed E-state index contributed by atoms with van der Waals surface area (Å²) in [7, 11) is 0. The van der Waals surface area contributed by atoms with Crippen molar-refractivity contribution < 1.29 is 14.3 Å². The van der Waals surface area contributed by atoms with Crippen LogP contribution < -0.4 is 0 Å². The average Bonchev–Trinajstić information content (AvgIpc) is 2.92. The summed E-state index contributed by atoms with van der Waals surface area (Å²) in [6.07, 6.45) is 34.0. The lowest BCUT2D eigenvalue weighted by molar-refractivity contribution is -0.156. The summed E-state index contributed by atoms with van der Waals surface area (Å²) in [6, 6.07) is 0. The van der Waals surface area contributed by atoms with Crippen LogP contribution in [-0.4, -0.2) is 11.9 Å². The van der Waals surface area contributed by atoms with E-state index in [0.29, 0.717) is 12.3 Å². The highest BCUT2D eigenvalue weighted by atomic mass is 16.6. The molecule has 1 atom stereocenters. The molecular formula is C36H66O3. The van der Waals surface area contributed by atoms with Crippen molar-refractivity contribution in [3.63, 3.8) is 0 Å². The van der Waals surface area contributed by atoms with Gasteiger partial charge in [-0.1, -0.05) is 162 Å². The van der Waals surface area contributed by atoms with Gasteiger partial charge in [0.25, 0.3) is 0 Å². The molecule has 0 rings (SSSR count). The van der Waals surface area contributed by atoms with Crippen LogP contribution in [0.25, 0.3) is 0 Å². The Morgan fingerprint density at radius 3 is 1.46 bits per heavy atom. The number of carbonyl (C=O) groups is 2. The van der Waals surface area contributed by atoms with Crippen LogP contribution in [0.1, 0.15) is 195 Å². The standard InChI is InChI=1S/C36H66O3/c1-5-7-9-11-13-15-17-19-21-23-25-27-33(3)29-31-35(37)39-36(38)32-30-34(4)28-26-24-22-20-18-16-14-12-10-8-6-2/h32-33H,5-29,31H2,1-4H3. The van der Waals surface area contributed by atoms with Crippen LogP contribution in [0.15, 0.2) is 17.4 Å². The molecule has 0 fully saturated rings. The molecular weight excluding hydrogens is 480 g/mol. The van der Waals surface area contributed by atoms with Crippen LogP contribution in [0.5, 0.6) is 0 Å². The monoisotopic (exact) mass is 547 g/mol. The van der Waals surface area contributed by atoms with Gasteiger partial charge < -0.3 is 4.74 Å².